The summed E-state index contributed by atoms with van der Waals surface area (Å²) in [6.45, 7) is 17.2. The molecule has 4 nitrogen and oxygen atoms in total. The Hall–Kier alpha value is -0.610. The first-order valence-corrected chi connectivity index (χ1v) is 9.39. The summed E-state index contributed by atoms with van der Waals surface area (Å²) in [5, 5.41) is 0. The molecule has 0 unspecified atom stereocenters. The van der Waals surface area contributed by atoms with Crippen LogP contribution < -0.4 is 0 Å². The molecule has 0 aromatic rings. The summed E-state index contributed by atoms with van der Waals surface area (Å²) in [5.41, 5.74) is 0.502. The molecule has 0 radical (unpaired) electrons. The van der Waals surface area contributed by atoms with Crippen LogP contribution in [0, 0.1) is 11.3 Å². The molecule has 2 aliphatic heterocycles. The van der Waals surface area contributed by atoms with Gasteiger partial charge < -0.3 is 14.7 Å². The zero-order valence-corrected chi connectivity index (χ0v) is 15.1. The summed E-state index contributed by atoms with van der Waals surface area (Å²) in [7, 11) is 0. The molecule has 2 heterocycles. The second kappa shape index (κ2) is 7.78. The molecule has 0 bridgehead atoms. The Labute approximate surface area is 136 Å². The second-order valence-corrected chi connectivity index (χ2v) is 6.98. The Morgan fingerprint density at radius 1 is 0.955 bits per heavy atom. The smallest absolute Gasteiger partial charge is 0.225 e. The summed E-state index contributed by atoms with van der Waals surface area (Å²) in [6, 6.07) is 0. The predicted molar refractivity (Wildman–Crippen MR) is 91.9 cm³/mol. The molecule has 2 saturated heterocycles. The van der Waals surface area contributed by atoms with Crippen molar-refractivity contribution in [1.82, 2.24) is 14.7 Å². The van der Waals surface area contributed by atoms with Crippen molar-refractivity contribution in [2.45, 2.75) is 47.0 Å². The van der Waals surface area contributed by atoms with Gasteiger partial charge in [0.25, 0.3) is 0 Å². The molecular weight excluding hydrogens is 274 g/mol. The largest absolute Gasteiger partial charge is 0.340 e. The lowest BCUT2D eigenvalue weighted by Crippen LogP contribution is -2.54. The molecule has 1 saturated carbocycles. The van der Waals surface area contributed by atoms with Gasteiger partial charge in [-0.1, -0.05) is 27.7 Å². The van der Waals surface area contributed by atoms with E-state index in [1.54, 1.807) is 0 Å². The van der Waals surface area contributed by atoms with Crippen LogP contribution in [-0.4, -0.2) is 73.0 Å². The number of rotatable bonds is 3. The fourth-order valence-corrected chi connectivity index (χ4v) is 4.33. The van der Waals surface area contributed by atoms with Crippen molar-refractivity contribution in [3.63, 3.8) is 0 Å². The molecular formula is C18H35N3O. The van der Waals surface area contributed by atoms with E-state index in [0.29, 0.717) is 17.2 Å². The Morgan fingerprint density at radius 3 is 2.05 bits per heavy atom. The number of piperazine rings is 1. The van der Waals surface area contributed by atoms with Gasteiger partial charge in [-0.05, 0) is 44.3 Å². The fourth-order valence-electron chi connectivity index (χ4n) is 4.33. The lowest BCUT2D eigenvalue weighted by atomic mass is 9.61. The fraction of sp³-hybridized carbons (Fsp3) is 0.944. The lowest BCUT2D eigenvalue weighted by molar-refractivity contribution is -0.145. The van der Waals surface area contributed by atoms with Crippen LogP contribution in [0.2, 0.25) is 0 Å². The Kier molecular flexibility index (Phi) is 6.27. The molecule has 4 heteroatoms. The van der Waals surface area contributed by atoms with E-state index in [1.807, 2.05) is 13.8 Å². The summed E-state index contributed by atoms with van der Waals surface area (Å²) < 4.78 is 0. The second-order valence-electron chi connectivity index (χ2n) is 6.98. The van der Waals surface area contributed by atoms with Crippen LogP contribution in [0.4, 0.5) is 0 Å². The first-order valence-electron chi connectivity index (χ1n) is 9.39. The summed E-state index contributed by atoms with van der Waals surface area (Å²) in [4.78, 5) is 19.7. The number of hydrogen-bond acceptors (Lipinski definition) is 3. The van der Waals surface area contributed by atoms with E-state index >= 15 is 0 Å². The lowest BCUT2D eigenvalue weighted by Gasteiger charge is -2.47. The molecule has 128 valence electrons. The van der Waals surface area contributed by atoms with Crippen molar-refractivity contribution in [3.8, 4) is 0 Å². The number of likely N-dealkylation sites (N-methyl/N-ethyl adjacent to an activating group) is 1. The van der Waals surface area contributed by atoms with Crippen molar-refractivity contribution in [1.29, 1.82) is 0 Å². The predicted octanol–water partition coefficient (Wildman–Crippen LogP) is 2.30. The van der Waals surface area contributed by atoms with Gasteiger partial charge in [0, 0.05) is 38.6 Å². The van der Waals surface area contributed by atoms with Gasteiger partial charge >= 0.3 is 0 Å². The average Bonchev–Trinajstić information content (AvgIpc) is 2.99. The minimum atomic E-state index is 0.333. The number of carbonyl (C=O) groups is 1. The maximum absolute atomic E-state index is 12.6. The molecule has 1 spiro atoms. The molecule has 3 aliphatic rings. The summed E-state index contributed by atoms with van der Waals surface area (Å²) in [6.07, 6.45) is 3.61. The highest BCUT2D eigenvalue weighted by molar-refractivity contribution is 5.80. The molecule has 1 amide bonds. The van der Waals surface area contributed by atoms with Crippen LogP contribution in [0.5, 0.6) is 0 Å². The van der Waals surface area contributed by atoms with Crippen molar-refractivity contribution in [2.24, 2.45) is 11.3 Å². The monoisotopic (exact) mass is 309 g/mol. The van der Waals surface area contributed by atoms with Gasteiger partial charge in [0.2, 0.25) is 5.91 Å². The van der Waals surface area contributed by atoms with Crippen LogP contribution in [0.1, 0.15) is 47.0 Å². The van der Waals surface area contributed by atoms with Crippen LogP contribution >= 0.6 is 0 Å². The maximum Gasteiger partial charge on any atom is 0.225 e. The van der Waals surface area contributed by atoms with Gasteiger partial charge in [-0.2, -0.15) is 0 Å². The van der Waals surface area contributed by atoms with Crippen LogP contribution in [0.3, 0.4) is 0 Å². The SMILES string of the molecule is CC.CCN1CCN(C(=O)C2CC3(CCN(CC)C3)C2)CC1. The van der Waals surface area contributed by atoms with E-state index in [0.717, 1.165) is 45.6 Å². The third-order valence-corrected chi connectivity index (χ3v) is 5.80. The number of likely N-dealkylation sites (tertiary alicyclic amines) is 1. The van der Waals surface area contributed by atoms with Crippen LogP contribution in [0.15, 0.2) is 0 Å². The van der Waals surface area contributed by atoms with E-state index in [9.17, 15) is 4.79 Å². The third kappa shape index (κ3) is 3.65. The van der Waals surface area contributed by atoms with Gasteiger partial charge in [-0.3, -0.25) is 4.79 Å². The van der Waals surface area contributed by atoms with Crippen molar-refractivity contribution >= 4 is 5.91 Å². The van der Waals surface area contributed by atoms with E-state index < -0.39 is 0 Å². The summed E-state index contributed by atoms with van der Waals surface area (Å²) >= 11 is 0. The molecule has 1 aliphatic carbocycles. The topological polar surface area (TPSA) is 26.8 Å². The van der Waals surface area contributed by atoms with Crippen molar-refractivity contribution in [2.75, 3.05) is 52.4 Å². The normalized spacial score (nSPS) is 32.5. The molecule has 0 N–H and O–H groups in total. The quantitative estimate of drug-likeness (QED) is 0.800. The standard InChI is InChI=1S/C16H29N3O.C2H6/c1-3-17-7-9-19(10-8-17)15(20)14-11-16(12-14)5-6-18(4-2)13-16;1-2/h14H,3-13H2,1-2H3;1-2H3. The number of carbonyl (C=O) groups excluding carboxylic acids is 1. The van der Waals surface area contributed by atoms with Gasteiger partial charge in [-0.25, -0.2) is 0 Å². The number of nitrogens with zero attached hydrogens (tertiary/aromatic N) is 3. The number of hydrogen-bond donors (Lipinski definition) is 0. The minimum Gasteiger partial charge on any atom is -0.340 e. The highest BCUT2D eigenvalue weighted by atomic mass is 16.2. The van der Waals surface area contributed by atoms with E-state index in [1.165, 1.54) is 26.1 Å². The number of amides is 1. The molecule has 22 heavy (non-hydrogen) atoms. The van der Waals surface area contributed by atoms with Crippen molar-refractivity contribution < 1.29 is 4.79 Å². The molecule has 0 aromatic heterocycles. The van der Waals surface area contributed by atoms with Gasteiger partial charge in [0.15, 0.2) is 0 Å². The highest BCUT2D eigenvalue weighted by Gasteiger charge is 2.51. The minimum absolute atomic E-state index is 0.333. The maximum atomic E-state index is 12.6. The third-order valence-electron chi connectivity index (χ3n) is 5.80. The Bertz CT molecular complexity index is 357. The zero-order chi connectivity index (χ0) is 16.2. The van der Waals surface area contributed by atoms with Gasteiger partial charge in [0.1, 0.15) is 0 Å². The first kappa shape index (κ1) is 17.7. The molecule has 3 rings (SSSR count). The van der Waals surface area contributed by atoms with Gasteiger partial charge in [-0.15, -0.1) is 0 Å². The average molecular weight is 309 g/mol. The van der Waals surface area contributed by atoms with Crippen LogP contribution in [-0.2, 0) is 4.79 Å². The van der Waals surface area contributed by atoms with E-state index in [4.69, 9.17) is 0 Å². The summed E-state index contributed by atoms with van der Waals surface area (Å²) in [5.74, 6) is 0.779. The van der Waals surface area contributed by atoms with E-state index in [-0.39, 0.29) is 0 Å². The van der Waals surface area contributed by atoms with Gasteiger partial charge in [0.05, 0.1) is 0 Å². The van der Waals surface area contributed by atoms with Crippen LogP contribution in [0.25, 0.3) is 0 Å². The Balaban J connectivity index is 0.000000847. The van der Waals surface area contributed by atoms with E-state index in [2.05, 4.69) is 28.5 Å². The van der Waals surface area contributed by atoms with Crippen molar-refractivity contribution in [3.05, 3.63) is 0 Å². The molecule has 0 atom stereocenters. The zero-order valence-electron chi connectivity index (χ0n) is 15.1. The highest BCUT2D eigenvalue weighted by Crippen LogP contribution is 2.52. The Morgan fingerprint density at radius 2 is 1.55 bits per heavy atom. The first-order chi connectivity index (χ1) is 10.7. The molecule has 3 fully saturated rings. The molecule has 0 aromatic carbocycles.